The van der Waals surface area contributed by atoms with Gasteiger partial charge in [-0.05, 0) is 19.4 Å². The van der Waals surface area contributed by atoms with Crippen molar-refractivity contribution in [2.45, 2.75) is 25.9 Å². The standard InChI is InChI=1S/C15H23N3O/c1-12(14-6-4-3-5-7-14)17-15(19)13(2)18-10-8-16-9-11-18/h3-7,12-13,16H,8-11H2,1-2H3,(H,17,19). The van der Waals surface area contributed by atoms with Gasteiger partial charge >= 0.3 is 0 Å². The summed E-state index contributed by atoms with van der Waals surface area (Å²) in [7, 11) is 0. The molecule has 1 aromatic carbocycles. The molecule has 1 amide bonds. The van der Waals surface area contributed by atoms with Crippen LogP contribution < -0.4 is 10.6 Å². The van der Waals surface area contributed by atoms with Crippen LogP contribution in [0.1, 0.15) is 25.5 Å². The fourth-order valence-electron chi connectivity index (χ4n) is 2.39. The van der Waals surface area contributed by atoms with E-state index in [1.807, 2.05) is 44.2 Å². The van der Waals surface area contributed by atoms with E-state index < -0.39 is 0 Å². The van der Waals surface area contributed by atoms with Crippen molar-refractivity contribution in [3.8, 4) is 0 Å². The van der Waals surface area contributed by atoms with Crippen LogP contribution in [0.2, 0.25) is 0 Å². The molecule has 1 aromatic rings. The van der Waals surface area contributed by atoms with Crippen LogP contribution in [0.5, 0.6) is 0 Å². The minimum Gasteiger partial charge on any atom is -0.348 e. The number of hydrogen-bond donors (Lipinski definition) is 2. The molecule has 0 saturated carbocycles. The van der Waals surface area contributed by atoms with Gasteiger partial charge in [0.15, 0.2) is 0 Å². The van der Waals surface area contributed by atoms with Crippen LogP contribution in [0.4, 0.5) is 0 Å². The lowest BCUT2D eigenvalue weighted by molar-refractivity contribution is -0.126. The van der Waals surface area contributed by atoms with Gasteiger partial charge < -0.3 is 10.6 Å². The van der Waals surface area contributed by atoms with Crippen LogP contribution in [0.15, 0.2) is 30.3 Å². The van der Waals surface area contributed by atoms with Crippen LogP contribution in [0.25, 0.3) is 0 Å². The van der Waals surface area contributed by atoms with Gasteiger partial charge in [-0.2, -0.15) is 0 Å². The van der Waals surface area contributed by atoms with Gasteiger partial charge in [0.25, 0.3) is 0 Å². The normalized spacial score (nSPS) is 19.7. The van der Waals surface area contributed by atoms with Crippen LogP contribution in [0, 0.1) is 0 Å². The number of rotatable bonds is 4. The van der Waals surface area contributed by atoms with Crippen molar-refractivity contribution >= 4 is 5.91 Å². The van der Waals surface area contributed by atoms with E-state index >= 15 is 0 Å². The van der Waals surface area contributed by atoms with Crippen LogP contribution in [-0.2, 0) is 4.79 Å². The summed E-state index contributed by atoms with van der Waals surface area (Å²) in [6, 6.07) is 10.1. The summed E-state index contributed by atoms with van der Waals surface area (Å²) in [6.07, 6.45) is 0. The first kappa shape index (κ1) is 14.0. The van der Waals surface area contributed by atoms with Gasteiger partial charge in [-0.15, -0.1) is 0 Å². The Kier molecular flexibility index (Phi) is 4.93. The molecule has 4 nitrogen and oxygen atoms in total. The number of piperazine rings is 1. The first-order valence-corrected chi connectivity index (χ1v) is 6.98. The zero-order valence-electron chi connectivity index (χ0n) is 11.7. The van der Waals surface area contributed by atoms with Crippen molar-refractivity contribution < 1.29 is 4.79 Å². The van der Waals surface area contributed by atoms with Crippen LogP contribution in [-0.4, -0.2) is 43.0 Å². The van der Waals surface area contributed by atoms with Crippen molar-refractivity contribution in [2.75, 3.05) is 26.2 Å². The first-order chi connectivity index (χ1) is 9.18. The van der Waals surface area contributed by atoms with E-state index in [1.54, 1.807) is 0 Å². The molecule has 1 aliphatic rings. The maximum Gasteiger partial charge on any atom is 0.237 e. The quantitative estimate of drug-likeness (QED) is 0.855. The molecule has 0 spiro atoms. The lowest BCUT2D eigenvalue weighted by Crippen LogP contribution is -2.52. The Balaban J connectivity index is 1.89. The van der Waals surface area contributed by atoms with E-state index in [0.29, 0.717) is 0 Å². The van der Waals surface area contributed by atoms with Crippen molar-refractivity contribution in [2.24, 2.45) is 0 Å². The Labute approximate surface area is 115 Å². The largest absolute Gasteiger partial charge is 0.348 e. The highest BCUT2D eigenvalue weighted by molar-refractivity contribution is 5.81. The molecule has 2 N–H and O–H groups in total. The highest BCUT2D eigenvalue weighted by Gasteiger charge is 2.23. The Morgan fingerprint density at radius 2 is 1.84 bits per heavy atom. The molecule has 2 rings (SSSR count). The third kappa shape index (κ3) is 3.78. The van der Waals surface area contributed by atoms with Gasteiger partial charge in [0.2, 0.25) is 5.91 Å². The summed E-state index contributed by atoms with van der Waals surface area (Å²) < 4.78 is 0. The first-order valence-electron chi connectivity index (χ1n) is 6.98. The summed E-state index contributed by atoms with van der Waals surface area (Å²) in [5.74, 6) is 0.109. The molecule has 2 atom stereocenters. The van der Waals surface area contributed by atoms with E-state index in [2.05, 4.69) is 15.5 Å². The molecule has 1 saturated heterocycles. The number of benzene rings is 1. The van der Waals surface area contributed by atoms with E-state index in [4.69, 9.17) is 0 Å². The van der Waals surface area contributed by atoms with E-state index in [9.17, 15) is 4.79 Å². The molecule has 0 radical (unpaired) electrons. The molecule has 4 heteroatoms. The monoisotopic (exact) mass is 261 g/mol. The number of nitrogens with one attached hydrogen (secondary N) is 2. The van der Waals surface area contributed by atoms with Crippen LogP contribution in [0.3, 0.4) is 0 Å². The number of nitrogens with zero attached hydrogens (tertiary/aromatic N) is 1. The van der Waals surface area contributed by atoms with Gasteiger partial charge in [0, 0.05) is 26.2 Å². The van der Waals surface area contributed by atoms with Crippen molar-refractivity contribution in [3.05, 3.63) is 35.9 Å². The molecule has 2 unspecified atom stereocenters. The summed E-state index contributed by atoms with van der Waals surface area (Å²) in [6.45, 7) is 7.82. The highest BCUT2D eigenvalue weighted by atomic mass is 16.2. The third-order valence-electron chi connectivity index (χ3n) is 3.74. The van der Waals surface area contributed by atoms with Crippen molar-refractivity contribution in [3.63, 3.8) is 0 Å². The van der Waals surface area contributed by atoms with Crippen molar-refractivity contribution in [1.82, 2.24) is 15.5 Å². The Morgan fingerprint density at radius 3 is 2.47 bits per heavy atom. The number of hydrogen-bond acceptors (Lipinski definition) is 3. The molecule has 1 aliphatic heterocycles. The molecule has 19 heavy (non-hydrogen) atoms. The predicted octanol–water partition coefficient (Wildman–Crippen LogP) is 1.16. The summed E-state index contributed by atoms with van der Waals surface area (Å²) in [5, 5.41) is 6.39. The average Bonchev–Trinajstić information content (AvgIpc) is 2.48. The Bertz CT molecular complexity index is 401. The summed E-state index contributed by atoms with van der Waals surface area (Å²) in [4.78, 5) is 14.5. The maximum absolute atomic E-state index is 12.3. The minimum absolute atomic E-state index is 0.0547. The van der Waals surface area contributed by atoms with Gasteiger partial charge in [-0.1, -0.05) is 30.3 Å². The second-order valence-corrected chi connectivity index (χ2v) is 5.10. The summed E-state index contributed by atoms with van der Waals surface area (Å²) >= 11 is 0. The number of carbonyl (C=O) groups excluding carboxylic acids is 1. The third-order valence-corrected chi connectivity index (χ3v) is 3.74. The molecule has 0 aliphatic carbocycles. The number of carbonyl (C=O) groups is 1. The average molecular weight is 261 g/mol. The molecule has 0 aromatic heterocycles. The lowest BCUT2D eigenvalue weighted by Gasteiger charge is -2.32. The van der Waals surface area contributed by atoms with Gasteiger partial charge in [0.05, 0.1) is 12.1 Å². The lowest BCUT2D eigenvalue weighted by atomic mass is 10.1. The topological polar surface area (TPSA) is 44.4 Å². The minimum atomic E-state index is -0.0618. The van der Waals surface area contributed by atoms with E-state index in [0.717, 1.165) is 31.7 Å². The van der Waals surface area contributed by atoms with Gasteiger partial charge in [0.1, 0.15) is 0 Å². The van der Waals surface area contributed by atoms with Crippen LogP contribution >= 0.6 is 0 Å². The second kappa shape index (κ2) is 6.68. The number of amides is 1. The molecule has 0 bridgehead atoms. The SMILES string of the molecule is CC(NC(=O)C(C)N1CCNCC1)c1ccccc1. The molecular formula is C15H23N3O. The zero-order chi connectivity index (χ0) is 13.7. The molecular weight excluding hydrogens is 238 g/mol. The molecule has 1 fully saturated rings. The predicted molar refractivity (Wildman–Crippen MR) is 76.9 cm³/mol. The highest BCUT2D eigenvalue weighted by Crippen LogP contribution is 2.12. The molecule has 104 valence electrons. The second-order valence-electron chi connectivity index (χ2n) is 5.10. The van der Waals surface area contributed by atoms with E-state index in [1.165, 1.54) is 0 Å². The Hall–Kier alpha value is -1.39. The maximum atomic E-state index is 12.3. The zero-order valence-corrected chi connectivity index (χ0v) is 11.7. The van der Waals surface area contributed by atoms with Gasteiger partial charge in [-0.25, -0.2) is 0 Å². The smallest absolute Gasteiger partial charge is 0.237 e. The summed E-state index contributed by atoms with van der Waals surface area (Å²) in [5.41, 5.74) is 1.14. The fourth-order valence-corrected chi connectivity index (χ4v) is 2.39. The van der Waals surface area contributed by atoms with E-state index in [-0.39, 0.29) is 18.0 Å². The Morgan fingerprint density at radius 1 is 1.21 bits per heavy atom. The van der Waals surface area contributed by atoms with Crippen molar-refractivity contribution in [1.29, 1.82) is 0 Å². The van der Waals surface area contributed by atoms with Gasteiger partial charge in [-0.3, -0.25) is 9.69 Å². The fraction of sp³-hybridized carbons (Fsp3) is 0.533. The molecule has 1 heterocycles.